The number of fused-ring (bicyclic) bond motifs is 2. The van der Waals surface area contributed by atoms with Crippen LogP contribution in [0.4, 0.5) is 0 Å². The Kier molecular flexibility index (Phi) is 3.13. The fourth-order valence-corrected chi connectivity index (χ4v) is 4.81. The van der Waals surface area contributed by atoms with Crippen LogP contribution in [-0.2, 0) is 6.54 Å². The summed E-state index contributed by atoms with van der Waals surface area (Å²) < 4.78 is 0. The van der Waals surface area contributed by atoms with Gasteiger partial charge < -0.3 is 5.32 Å². The average Bonchev–Trinajstić information content (AvgIpc) is 3.11. The van der Waals surface area contributed by atoms with E-state index < -0.39 is 0 Å². The van der Waals surface area contributed by atoms with Crippen LogP contribution < -0.4 is 5.32 Å². The maximum Gasteiger partial charge on any atom is 0.0798 e. The van der Waals surface area contributed by atoms with Crippen LogP contribution in [0.3, 0.4) is 0 Å². The lowest BCUT2D eigenvalue weighted by atomic mass is 9.97. The normalized spacial score (nSPS) is 34.9. The maximum absolute atomic E-state index is 4.34. The number of piperidine rings is 1. The third kappa shape index (κ3) is 2.34. The van der Waals surface area contributed by atoms with Crippen LogP contribution in [0.25, 0.3) is 0 Å². The first-order valence-electron chi connectivity index (χ1n) is 7.71. The highest BCUT2D eigenvalue weighted by atomic mass is 32.1. The summed E-state index contributed by atoms with van der Waals surface area (Å²) >= 11 is 1.79. The van der Waals surface area contributed by atoms with Crippen molar-refractivity contribution in [2.75, 3.05) is 0 Å². The summed E-state index contributed by atoms with van der Waals surface area (Å²) in [5.74, 6) is 0. The molecule has 0 amide bonds. The zero-order valence-corrected chi connectivity index (χ0v) is 12.5. The fraction of sp³-hybridized carbons (Fsp3) is 0.800. The summed E-state index contributed by atoms with van der Waals surface area (Å²) in [5.41, 5.74) is 3.17. The molecule has 4 rings (SSSR count). The van der Waals surface area contributed by atoms with E-state index in [1.807, 2.05) is 5.51 Å². The van der Waals surface area contributed by atoms with Gasteiger partial charge in [0.15, 0.2) is 0 Å². The van der Waals surface area contributed by atoms with Gasteiger partial charge in [-0.25, -0.2) is 4.98 Å². The quantitative estimate of drug-likeness (QED) is 0.917. The minimum atomic E-state index is 0.731. The number of rotatable bonds is 4. The molecule has 2 aliphatic heterocycles. The van der Waals surface area contributed by atoms with Crippen molar-refractivity contribution in [2.24, 2.45) is 0 Å². The molecule has 104 valence electrons. The van der Waals surface area contributed by atoms with E-state index in [0.717, 1.165) is 30.7 Å². The van der Waals surface area contributed by atoms with E-state index >= 15 is 0 Å². The molecule has 2 atom stereocenters. The van der Waals surface area contributed by atoms with Crippen LogP contribution in [0.5, 0.6) is 0 Å². The van der Waals surface area contributed by atoms with Crippen LogP contribution in [0.2, 0.25) is 0 Å². The van der Waals surface area contributed by atoms with Gasteiger partial charge in [0.25, 0.3) is 0 Å². The lowest BCUT2D eigenvalue weighted by Gasteiger charge is -2.39. The van der Waals surface area contributed by atoms with E-state index in [0.29, 0.717) is 0 Å². The number of aromatic nitrogens is 1. The first kappa shape index (κ1) is 12.3. The smallest absolute Gasteiger partial charge is 0.0798 e. The summed E-state index contributed by atoms with van der Waals surface area (Å²) in [5, 5.41) is 3.79. The highest BCUT2D eigenvalue weighted by Crippen LogP contribution is 2.43. The molecule has 0 radical (unpaired) electrons. The molecule has 1 aliphatic carbocycles. The number of thiazole rings is 1. The molecule has 1 saturated carbocycles. The topological polar surface area (TPSA) is 28.2 Å². The van der Waals surface area contributed by atoms with Crippen LogP contribution in [0.1, 0.15) is 49.1 Å². The molecule has 3 fully saturated rings. The number of nitrogens with one attached hydrogen (secondary N) is 1. The van der Waals surface area contributed by atoms with E-state index in [9.17, 15) is 0 Å². The number of hydrogen-bond acceptors (Lipinski definition) is 4. The van der Waals surface area contributed by atoms with Gasteiger partial charge in [-0.05, 0) is 45.4 Å². The molecule has 19 heavy (non-hydrogen) atoms. The molecule has 0 spiro atoms. The summed E-state index contributed by atoms with van der Waals surface area (Å²) in [4.78, 5) is 8.62. The summed E-state index contributed by atoms with van der Waals surface area (Å²) in [6.45, 7) is 3.14. The zero-order chi connectivity index (χ0) is 12.8. The fourth-order valence-electron chi connectivity index (χ4n) is 4.08. The van der Waals surface area contributed by atoms with Gasteiger partial charge >= 0.3 is 0 Å². The van der Waals surface area contributed by atoms with Gasteiger partial charge in [0.05, 0.1) is 11.2 Å². The Morgan fingerprint density at radius 2 is 1.89 bits per heavy atom. The van der Waals surface area contributed by atoms with Gasteiger partial charge in [-0.3, -0.25) is 4.90 Å². The predicted molar refractivity (Wildman–Crippen MR) is 78.4 cm³/mol. The summed E-state index contributed by atoms with van der Waals surface area (Å²) in [6.07, 6.45) is 8.55. The first-order chi connectivity index (χ1) is 9.31. The van der Waals surface area contributed by atoms with Gasteiger partial charge in [-0.15, -0.1) is 11.3 Å². The predicted octanol–water partition coefficient (Wildman–Crippen LogP) is 2.70. The Hall–Kier alpha value is -0.450. The average molecular weight is 277 g/mol. The highest BCUT2D eigenvalue weighted by molar-refractivity contribution is 7.09. The van der Waals surface area contributed by atoms with Crippen molar-refractivity contribution in [1.82, 2.24) is 15.2 Å². The Balaban J connectivity index is 1.36. The molecule has 0 aromatic carbocycles. The van der Waals surface area contributed by atoms with Crippen molar-refractivity contribution in [1.29, 1.82) is 0 Å². The van der Waals surface area contributed by atoms with E-state index in [4.69, 9.17) is 0 Å². The molecular weight excluding hydrogens is 254 g/mol. The molecule has 2 unspecified atom stereocenters. The Labute approximate surface area is 119 Å². The maximum atomic E-state index is 4.34. The number of hydrogen-bond donors (Lipinski definition) is 1. The monoisotopic (exact) mass is 277 g/mol. The van der Waals surface area contributed by atoms with Gasteiger partial charge in [-0.1, -0.05) is 0 Å². The second-order valence-corrected chi connectivity index (χ2v) is 7.41. The van der Waals surface area contributed by atoms with Crippen LogP contribution >= 0.6 is 11.3 Å². The second-order valence-electron chi connectivity index (χ2n) is 6.47. The van der Waals surface area contributed by atoms with Gasteiger partial charge in [-0.2, -0.15) is 0 Å². The summed E-state index contributed by atoms with van der Waals surface area (Å²) in [7, 11) is 0. The van der Waals surface area contributed by atoms with Crippen LogP contribution in [0.15, 0.2) is 5.51 Å². The second kappa shape index (κ2) is 4.83. The molecule has 2 bridgehead atoms. The van der Waals surface area contributed by atoms with Crippen molar-refractivity contribution < 1.29 is 0 Å². The molecule has 1 aromatic heterocycles. The van der Waals surface area contributed by atoms with Gasteiger partial charge in [0.2, 0.25) is 0 Å². The van der Waals surface area contributed by atoms with E-state index in [1.54, 1.807) is 11.3 Å². The highest BCUT2D eigenvalue weighted by Gasteiger charge is 2.46. The zero-order valence-electron chi connectivity index (χ0n) is 11.6. The molecule has 3 nitrogen and oxygen atoms in total. The van der Waals surface area contributed by atoms with Crippen molar-refractivity contribution in [3.63, 3.8) is 0 Å². The molecule has 3 aliphatic rings. The van der Waals surface area contributed by atoms with Gasteiger partial charge in [0, 0.05) is 35.6 Å². The van der Waals surface area contributed by atoms with Crippen molar-refractivity contribution in [3.05, 3.63) is 16.1 Å². The largest absolute Gasteiger partial charge is 0.309 e. The molecule has 2 saturated heterocycles. The minimum absolute atomic E-state index is 0.731. The van der Waals surface area contributed by atoms with E-state index in [2.05, 4.69) is 22.1 Å². The molecule has 3 heterocycles. The van der Waals surface area contributed by atoms with Crippen LogP contribution in [-0.4, -0.2) is 34.1 Å². The molecule has 4 heteroatoms. The van der Waals surface area contributed by atoms with Gasteiger partial charge in [0.1, 0.15) is 0 Å². The third-order valence-corrected chi connectivity index (χ3v) is 6.09. The first-order valence-corrected chi connectivity index (χ1v) is 8.59. The lowest BCUT2D eigenvalue weighted by Crippen LogP contribution is -2.49. The minimum Gasteiger partial charge on any atom is -0.309 e. The van der Waals surface area contributed by atoms with Crippen molar-refractivity contribution in [2.45, 2.75) is 76.2 Å². The molecule has 1 aromatic rings. The van der Waals surface area contributed by atoms with E-state index in [-0.39, 0.29) is 0 Å². The van der Waals surface area contributed by atoms with Crippen molar-refractivity contribution >= 4 is 11.3 Å². The third-order valence-electron chi connectivity index (χ3n) is 5.15. The SMILES string of the molecule is Cc1ncsc1CNC1CC2CCC(C1)N2C1CC1. The Morgan fingerprint density at radius 3 is 2.47 bits per heavy atom. The molecular formula is C15H23N3S. The number of aryl methyl sites for hydroxylation is 1. The Bertz CT molecular complexity index is 440. The Morgan fingerprint density at radius 1 is 1.21 bits per heavy atom. The number of nitrogens with zero attached hydrogens (tertiary/aromatic N) is 2. The molecule has 1 N–H and O–H groups in total. The summed E-state index contributed by atoms with van der Waals surface area (Å²) in [6, 6.07) is 3.45. The standard InChI is InChI=1S/C15H23N3S/c1-10-15(19-9-17-10)8-16-11-6-13-4-5-14(7-11)18(13)12-2-3-12/h9,11-14,16H,2-8H2,1H3. The van der Waals surface area contributed by atoms with Crippen molar-refractivity contribution in [3.8, 4) is 0 Å². The lowest BCUT2D eigenvalue weighted by molar-refractivity contribution is 0.108. The van der Waals surface area contributed by atoms with E-state index in [1.165, 1.54) is 49.1 Å². The van der Waals surface area contributed by atoms with Crippen LogP contribution in [0, 0.1) is 6.92 Å².